The average molecular weight is 765 g/mol. The predicted molar refractivity (Wildman–Crippen MR) is 239 cm³/mol. The molecular weight excluding hydrogens is 733 g/mol. The molecule has 0 fully saturated rings. The lowest BCUT2D eigenvalue weighted by molar-refractivity contribution is 0.484. The smallest absolute Gasteiger partial charge is 0.184 e. The number of hydrogen-bond donors (Lipinski definition) is 0. The first-order valence-corrected chi connectivity index (χ1v) is 22.0. The third-order valence-corrected chi connectivity index (χ3v) is 17.6. The van der Waals surface area contributed by atoms with E-state index in [1.54, 1.807) is 0 Å². The lowest BCUT2D eigenvalue weighted by atomic mass is 10.1. The average Bonchev–Trinajstić information content (AvgIpc) is 3.93. The van der Waals surface area contributed by atoms with Gasteiger partial charge in [0.15, 0.2) is 8.07 Å². The van der Waals surface area contributed by atoms with Crippen molar-refractivity contribution in [3.05, 3.63) is 195 Å². The number of anilines is 3. The van der Waals surface area contributed by atoms with Crippen LogP contribution in [0.2, 0.25) is 0 Å². The number of nitrogens with zero attached hydrogens (tertiary/aromatic N) is 4. The number of thiophene rings is 1. The molecule has 57 heavy (non-hydrogen) atoms. The van der Waals surface area contributed by atoms with E-state index >= 15 is 0 Å². The minimum atomic E-state index is -2.96. The lowest BCUT2D eigenvalue weighted by Gasteiger charge is -2.45. The third-order valence-electron chi connectivity index (χ3n) is 11.6. The molecule has 0 atom stereocenters. The number of imidazole rings is 1. The number of benzene rings is 7. The second-order valence-corrected chi connectivity index (χ2v) is 19.4. The molecule has 0 unspecified atom stereocenters. The molecule has 5 nitrogen and oxygen atoms in total. The molecule has 5 heterocycles. The van der Waals surface area contributed by atoms with Gasteiger partial charge in [0.1, 0.15) is 23.0 Å². The molecular formula is C50H32N4OSSi. The van der Waals surface area contributed by atoms with Crippen molar-refractivity contribution in [1.29, 1.82) is 0 Å². The van der Waals surface area contributed by atoms with E-state index in [9.17, 15) is 0 Å². The normalized spacial score (nSPS) is 13.4. The quantitative estimate of drug-likeness (QED) is 0.129. The number of pyridine rings is 2. The van der Waals surface area contributed by atoms with Crippen LogP contribution in [0.25, 0.3) is 47.5 Å². The Morgan fingerprint density at radius 2 is 1.21 bits per heavy atom. The maximum Gasteiger partial charge on any atom is 0.184 e. The summed E-state index contributed by atoms with van der Waals surface area (Å²) in [6, 6.07) is 63.7. The van der Waals surface area contributed by atoms with E-state index in [0.29, 0.717) is 0 Å². The van der Waals surface area contributed by atoms with Gasteiger partial charge >= 0.3 is 0 Å². The number of para-hydroxylation sites is 1. The highest BCUT2D eigenvalue weighted by atomic mass is 32.1. The van der Waals surface area contributed by atoms with E-state index in [1.165, 1.54) is 52.0 Å². The minimum Gasteiger partial charge on any atom is -0.457 e. The zero-order valence-corrected chi connectivity index (χ0v) is 32.4. The molecule has 7 aromatic carbocycles. The molecule has 4 aromatic heterocycles. The molecule has 7 heteroatoms. The van der Waals surface area contributed by atoms with Gasteiger partial charge in [-0.15, -0.1) is 11.3 Å². The Kier molecular flexibility index (Phi) is 7.05. The predicted octanol–water partition coefficient (Wildman–Crippen LogP) is 10.4. The molecule has 1 aliphatic rings. The zero-order valence-electron chi connectivity index (χ0n) is 30.6. The molecule has 1 aliphatic heterocycles. The molecule has 268 valence electrons. The van der Waals surface area contributed by atoms with Crippen LogP contribution >= 0.6 is 11.3 Å². The van der Waals surface area contributed by atoms with Crippen LogP contribution in [0, 0.1) is 0 Å². The number of rotatable bonds is 5. The Labute approximate surface area is 333 Å². The van der Waals surface area contributed by atoms with Crippen LogP contribution in [0.5, 0.6) is 11.5 Å². The lowest BCUT2D eigenvalue weighted by Crippen LogP contribution is -2.77. The van der Waals surface area contributed by atoms with Crippen LogP contribution in [0.3, 0.4) is 0 Å². The molecule has 0 spiro atoms. The van der Waals surface area contributed by atoms with E-state index in [2.05, 4.69) is 179 Å². The number of ether oxygens (including phenoxy) is 1. The van der Waals surface area contributed by atoms with E-state index < -0.39 is 8.07 Å². The van der Waals surface area contributed by atoms with E-state index in [0.717, 1.165) is 44.9 Å². The van der Waals surface area contributed by atoms with Crippen LogP contribution in [0.4, 0.5) is 17.2 Å². The van der Waals surface area contributed by atoms with Gasteiger partial charge in [-0.1, -0.05) is 115 Å². The summed E-state index contributed by atoms with van der Waals surface area (Å²) in [4.78, 5) is 12.2. The summed E-state index contributed by atoms with van der Waals surface area (Å²) in [6.07, 6.45) is 5.79. The Morgan fingerprint density at radius 3 is 2.02 bits per heavy atom. The fraction of sp³-hybridized carbons (Fsp3) is 0. The van der Waals surface area contributed by atoms with Crippen molar-refractivity contribution >= 4 is 105 Å². The minimum absolute atomic E-state index is 0.754. The molecule has 0 saturated heterocycles. The first-order chi connectivity index (χ1) is 28.3. The first-order valence-electron chi connectivity index (χ1n) is 19.1. The van der Waals surface area contributed by atoms with Gasteiger partial charge in [0.25, 0.3) is 0 Å². The summed E-state index contributed by atoms with van der Waals surface area (Å²) in [6.45, 7) is 0. The SMILES string of the molecule is c1ccc([Si]2(c3ccccc3)c3ccc(Oc4ccc5c6ccccc6n6ccnc6c5c4)cc3N(c3ccccn3)c3c2ccc2sc4ccccc4c32)cc1. The highest BCUT2D eigenvalue weighted by Gasteiger charge is 2.50. The van der Waals surface area contributed by atoms with Crippen LogP contribution < -0.4 is 30.4 Å². The van der Waals surface area contributed by atoms with Crippen molar-refractivity contribution in [3.8, 4) is 11.5 Å². The largest absolute Gasteiger partial charge is 0.457 e. The van der Waals surface area contributed by atoms with Crippen LogP contribution in [-0.2, 0) is 0 Å². The number of fused-ring (bicyclic) bond motifs is 12. The Bertz CT molecular complexity index is 3310. The van der Waals surface area contributed by atoms with Crippen molar-refractivity contribution < 1.29 is 4.74 Å². The van der Waals surface area contributed by atoms with Gasteiger partial charge in [-0.2, -0.15) is 0 Å². The third kappa shape index (κ3) is 4.67. The maximum atomic E-state index is 6.92. The summed E-state index contributed by atoms with van der Waals surface area (Å²) in [5.74, 6) is 2.37. The monoisotopic (exact) mass is 764 g/mol. The summed E-state index contributed by atoms with van der Waals surface area (Å²) in [7, 11) is -2.96. The summed E-state index contributed by atoms with van der Waals surface area (Å²) >= 11 is 1.85. The van der Waals surface area contributed by atoms with Gasteiger partial charge in [-0.25, -0.2) is 9.97 Å². The van der Waals surface area contributed by atoms with Gasteiger partial charge < -0.3 is 4.74 Å². The van der Waals surface area contributed by atoms with Crippen LogP contribution in [-0.4, -0.2) is 22.4 Å². The van der Waals surface area contributed by atoms with E-state index in [-0.39, 0.29) is 0 Å². The van der Waals surface area contributed by atoms with Crippen LogP contribution in [0.15, 0.2) is 195 Å². The van der Waals surface area contributed by atoms with Gasteiger partial charge in [0, 0.05) is 55.6 Å². The maximum absolute atomic E-state index is 6.92. The van der Waals surface area contributed by atoms with Gasteiger partial charge in [0.05, 0.1) is 16.9 Å². The molecule has 0 amide bonds. The first kappa shape index (κ1) is 32.2. The topological polar surface area (TPSA) is 42.7 Å². The molecule has 0 N–H and O–H groups in total. The standard InChI is InChI=1S/C50H32N4OSSi/c1-3-13-35(14-4-1)57(36-15-5-2-6-16-36)45-26-23-34(55-33-22-24-37-38-17-7-9-19-41(38)53-30-29-52-50(53)40(37)31-33)32-42(45)54(47-21-11-12-28-51-47)49-46(57)27-25-44-48(49)39-18-8-10-20-43(39)56-44/h1-32H. The van der Waals surface area contributed by atoms with Gasteiger partial charge in [-0.05, 0) is 80.7 Å². The molecule has 0 bridgehead atoms. The fourth-order valence-electron chi connectivity index (χ4n) is 9.32. The van der Waals surface area contributed by atoms with Crippen molar-refractivity contribution in [3.63, 3.8) is 0 Å². The molecule has 0 radical (unpaired) electrons. The second-order valence-electron chi connectivity index (χ2n) is 14.6. The Morgan fingerprint density at radius 1 is 0.509 bits per heavy atom. The second kappa shape index (κ2) is 12.5. The summed E-state index contributed by atoms with van der Waals surface area (Å²) < 4.78 is 11.6. The zero-order chi connectivity index (χ0) is 37.5. The molecule has 0 saturated carbocycles. The van der Waals surface area contributed by atoms with Crippen molar-refractivity contribution in [2.45, 2.75) is 0 Å². The van der Waals surface area contributed by atoms with Crippen LogP contribution in [0.1, 0.15) is 0 Å². The van der Waals surface area contributed by atoms with E-state index in [1.807, 2.05) is 36.0 Å². The van der Waals surface area contributed by atoms with Crippen molar-refractivity contribution in [1.82, 2.24) is 14.4 Å². The molecule has 0 aliphatic carbocycles. The highest BCUT2D eigenvalue weighted by molar-refractivity contribution is 7.26. The Balaban J connectivity index is 1.15. The van der Waals surface area contributed by atoms with E-state index in [4.69, 9.17) is 14.7 Å². The number of hydrogen-bond acceptors (Lipinski definition) is 5. The summed E-state index contributed by atoms with van der Waals surface area (Å²) in [5.41, 5.74) is 4.30. The highest BCUT2D eigenvalue weighted by Crippen LogP contribution is 2.47. The van der Waals surface area contributed by atoms with Gasteiger partial charge in [0.2, 0.25) is 0 Å². The summed E-state index contributed by atoms with van der Waals surface area (Å²) in [5, 5.41) is 11.2. The van der Waals surface area contributed by atoms with Crippen molar-refractivity contribution in [2.24, 2.45) is 0 Å². The molecule has 12 rings (SSSR count). The molecule has 11 aromatic rings. The van der Waals surface area contributed by atoms with Gasteiger partial charge in [-0.3, -0.25) is 9.30 Å². The number of aromatic nitrogens is 3. The van der Waals surface area contributed by atoms with Crippen molar-refractivity contribution in [2.75, 3.05) is 4.90 Å². The Hall–Kier alpha value is -7.06. The fourth-order valence-corrected chi connectivity index (χ4v) is 15.5.